The van der Waals surface area contributed by atoms with Crippen molar-refractivity contribution >= 4 is 16.8 Å². The van der Waals surface area contributed by atoms with E-state index in [0.717, 1.165) is 11.1 Å². The SMILES string of the molecule is Cc1ccc(Cn2ccccc2=NC(=O)CCc2c[nH]c3ccccc23)cc1. The Morgan fingerprint density at radius 2 is 1.79 bits per heavy atom. The molecule has 2 aromatic carbocycles. The van der Waals surface area contributed by atoms with Gasteiger partial charge in [-0.05, 0) is 42.7 Å². The zero-order valence-corrected chi connectivity index (χ0v) is 15.9. The van der Waals surface area contributed by atoms with Crippen LogP contribution in [0.5, 0.6) is 0 Å². The average Bonchev–Trinajstić information content (AvgIpc) is 3.13. The second-order valence-corrected chi connectivity index (χ2v) is 7.04. The van der Waals surface area contributed by atoms with E-state index in [1.807, 2.05) is 53.4 Å². The van der Waals surface area contributed by atoms with E-state index in [1.54, 1.807) is 0 Å². The molecule has 0 saturated carbocycles. The van der Waals surface area contributed by atoms with Crippen LogP contribution >= 0.6 is 0 Å². The number of aromatic amines is 1. The summed E-state index contributed by atoms with van der Waals surface area (Å²) in [6, 6.07) is 22.3. The molecule has 0 bridgehead atoms. The molecule has 4 rings (SSSR count). The van der Waals surface area contributed by atoms with Crippen LogP contribution in [0.4, 0.5) is 0 Å². The van der Waals surface area contributed by atoms with Crippen molar-refractivity contribution in [3.8, 4) is 0 Å². The van der Waals surface area contributed by atoms with Gasteiger partial charge in [0.05, 0.1) is 0 Å². The molecule has 0 saturated heterocycles. The molecule has 0 unspecified atom stereocenters. The van der Waals surface area contributed by atoms with Crippen LogP contribution in [0, 0.1) is 6.92 Å². The smallest absolute Gasteiger partial charge is 0.247 e. The largest absolute Gasteiger partial charge is 0.361 e. The highest BCUT2D eigenvalue weighted by molar-refractivity contribution is 5.84. The number of fused-ring (bicyclic) bond motifs is 1. The maximum Gasteiger partial charge on any atom is 0.247 e. The molecule has 1 N–H and O–H groups in total. The minimum absolute atomic E-state index is 0.103. The first-order valence-electron chi connectivity index (χ1n) is 9.52. The Kier molecular flexibility index (Phi) is 5.20. The molecule has 1 amide bonds. The summed E-state index contributed by atoms with van der Waals surface area (Å²) in [5.41, 5.74) is 5.36. The highest BCUT2D eigenvalue weighted by atomic mass is 16.1. The zero-order valence-electron chi connectivity index (χ0n) is 15.9. The molecule has 4 nitrogen and oxygen atoms in total. The number of aryl methyl sites for hydroxylation is 2. The van der Waals surface area contributed by atoms with Crippen molar-refractivity contribution in [1.82, 2.24) is 9.55 Å². The summed E-state index contributed by atoms with van der Waals surface area (Å²) < 4.78 is 2.01. The molecule has 2 aromatic heterocycles. The van der Waals surface area contributed by atoms with E-state index in [-0.39, 0.29) is 5.91 Å². The van der Waals surface area contributed by atoms with Crippen LogP contribution in [0.15, 0.2) is 84.1 Å². The van der Waals surface area contributed by atoms with E-state index in [1.165, 1.54) is 16.5 Å². The predicted molar refractivity (Wildman–Crippen MR) is 112 cm³/mol. The van der Waals surface area contributed by atoms with Gasteiger partial charge < -0.3 is 9.55 Å². The first-order valence-corrected chi connectivity index (χ1v) is 9.52. The topological polar surface area (TPSA) is 50.1 Å². The third-order valence-corrected chi connectivity index (χ3v) is 4.91. The van der Waals surface area contributed by atoms with E-state index in [9.17, 15) is 4.79 Å². The van der Waals surface area contributed by atoms with Gasteiger partial charge in [-0.1, -0.05) is 54.1 Å². The van der Waals surface area contributed by atoms with Crippen LogP contribution in [0.1, 0.15) is 23.1 Å². The molecule has 4 heteroatoms. The van der Waals surface area contributed by atoms with Crippen LogP contribution in [0.3, 0.4) is 0 Å². The maximum absolute atomic E-state index is 12.5. The van der Waals surface area contributed by atoms with Crippen molar-refractivity contribution in [3.05, 3.63) is 101 Å². The minimum atomic E-state index is -0.103. The Labute approximate surface area is 164 Å². The van der Waals surface area contributed by atoms with E-state index < -0.39 is 0 Å². The van der Waals surface area contributed by atoms with E-state index in [2.05, 4.69) is 47.2 Å². The number of aromatic nitrogens is 2. The van der Waals surface area contributed by atoms with Crippen LogP contribution in [-0.2, 0) is 17.8 Å². The van der Waals surface area contributed by atoms with Gasteiger partial charge in [-0.2, -0.15) is 4.99 Å². The van der Waals surface area contributed by atoms with Crippen molar-refractivity contribution in [2.45, 2.75) is 26.3 Å². The summed E-state index contributed by atoms with van der Waals surface area (Å²) in [4.78, 5) is 20.1. The van der Waals surface area contributed by atoms with Crippen LogP contribution in [-0.4, -0.2) is 15.5 Å². The summed E-state index contributed by atoms with van der Waals surface area (Å²) in [5.74, 6) is -0.103. The molecular weight excluding hydrogens is 346 g/mol. The third-order valence-electron chi connectivity index (χ3n) is 4.91. The number of carbonyl (C=O) groups excluding carboxylic acids is 1. The molecule has 0 spiro atoms. The van der Waals surface area contributed by atoms with Crippen molar-refractivity contribution in [1.29, 1.82) is 0 Å². The number of amides is 1. The van der Waals surface area contributed by atoms with Crippen molar-refractivity contribution in [2.75, 3.05) is 0 Å². The van der Waals surface area contributed by atoms with Gasteiger partial charge in [0.1, 0.15) is 5.49 Å². The molecule has 2 heterocycles. The molecule has 28 heavy (non-hydrogen) atoms. The number of rotatable bonds is 5. The number of benzene rings is 2. The Hall–Kier alpha value is -3.40. The monoisotopic (exact) mass is 369 g/mol. The van der Waals surface area contributed by atoms with Gasteiger partial charge in [-0.3, -0.25) is 4.79 Å². The first kappa shape index (κ1) is 18.0. The number of para-hydroxylation sites is 1. The third kappa shape index (κ3) is 4.12. The minimum Gasteiger partial charge on any atom is -0.361 e. The number of nitrogens with one attached hydrogen (secondary N) is 1. The van der Waals surface area contributed by atoms with Gasteiger partial charge in [0.15, 0.2) is 0 Å². The first-order chi connectivity index (χ1) is 13.7. The summed E-state index contributed by atoms with van der Waals surface area (Å²) >= 11 is 0. The number of nitrogens with zero attached hydrogens (tertiary/aromatic N) is 2. The second-order valence-electron chi connectivity index (χ2n) is 7.04. The average molecular weight is 369 g/mol. The fourth-order valence-corrected chi connectivity index (χ4v) is 3.36. The Bertz CT molecular complexity index is 1170. The lowest BCUT2D eigenvalue weighted by Crippen LogP contribution is -2.22. The molecule has 140 valence electrons. The van der Waals surface area contributed by atoms with Crippen molar-refractivity contribution in [3.63, 3.8) is 0 Å². The summed E-state index contributed by atoms with van der Waals surface area (Å²) in [6.45, 7) is 2.77. The lowest BCUT2D eigenvalue weighted by Gasteiger charge is -2.08. The highest BCUT2D eigenvalue weighted by Crippen LogP contribution is 2.19. The van der Waals surface area contributed by atoms with Gasteiger partial charge in [0.2, 0.25) is 5.91 Å². The normalized spacial score (nSPS) is 11.8. The highest BCUT2D eigenvalue weighted by Gasteiger charge is 2.06. The van der Waals surface area contributed by atoms with Crippen molar-refractivity contribution < 1.29 is 4.79 Å². The summed E-state index contributed by atoms with van der Waals surface area (Å²) in [6.07, 6.45) is 5.02. The molecule has 0 fully saturated rings. The second kappa shape index (κ2) is 8.09. The lowest BCUT2D eigenvalue weighted by molar-refractivity contribution is -0.118. The van der Waals surface area contributed by atoms with Crippen molar-refractivity contribution in [2.24, 2.45) is 4.99 Å². The Morgan fingerprint density at radius 1 is 1.00 bits per heavy atom. The van der Waals surface area contributed by atoms with E-state index in [4.69, 9.17) is 0 Å². The number of hydrogen-bond acceptors (Lipinski definition) is 1. The van der Waals surface area contributed by atoms with Crippen LogP contribution in [0.2, 0.25) is 0 Å². The van der Waals surface area contributed by atoms with Gasteiger partial charge in [0.25, 0.3) is 0 Å². The fraction of sp³-hybridized carbons (Fsp3) is 0.167. The standard InChI is InChI=1S/C24H23N3O/c1-18-9-11-19(12-10-18)17-27-15-5-4-8-23(27)26-24(28)14-13-20-16-25-22-7-3-2-6-21(20)22/h2-12,15-16,25H,13-14,17H2,1H3. The van der Waals surface area contributed by atoms with Gasteiger partial charge in [-0.15, -0.1) is 0 Å². The van der Waals surface area contributed by atoms with Gasteiger partial charge in [-0.25, -0.2) is 0 Å². The van der Waals surface area contributed by atoms with Gasteiger partial charge in [0, 0.05) is 36.3 Å². The molecule has 0 aliphatic heterocycles. The Morgan fingerprint density at radius 3 is 2.64 bits per heavy atom. The van der Waals surface area contributed by atoms with E-state index in [0.29, 0.717) is 24.9 Å². The van der Waals surface area contributed by atoms with Gasteiger partial charge >= 0.3 is 0 Å². The summed E-state index contributed by atoms with van der Waals surface area (Å²) in [5, 5.41) is 1.17. The number of carbonyl (C=O) groups is 1. The fourth-order valence-electron chi connectivity index (χ4n) is 3.36. The van der Waals surface area contributed by atoms with Crippen LogP contribution in [0.25, 0.3) is 10.9 Å². The maximum atomic E-state index is 12.5. The molecule has 0 radical (unpaired) electrons. The zero-order chi connectivity index (χ0) is 19.3. The molecule has 0 aliphatic rings. The summed E-state index contributed by atoms with van der Waals surface area (Å²) in [7, 11) is 0. The Balaban J connectivity index is 1.50. The molecular formula is C24H23N3O. The number of pyridine rings is 1. The number of H-pyrrole nitrogens is 1. The molecule has 0 atom stereocenters. The predicted octanol–water partition coefficient (Wildman–Crippen LogP) is 4.39. The lowest BCUT2D eigenvalue weighted by atomic mass is 10.1. The number of hydrogen-bond donors (Lipinski definition) is 1. The quantitative estimate of drug-likeness (QED) is 0.557. The van der Waals surface area contributed by atoms with Crippen LogP contribution < -0.4 is 5.49 Å². The molecule has 4 aromatic rings. The van der Waals surface area contributed by atoms with E-state index >= 15 is 0 Å². The molecule has 0 aliphatic carbocycles.